The summed E-state index contributed by atoms with van der Waals surface area (Å²) in [5.74, 6) is 0.126. The molecular formula is C27H29FN4O4. The van der Waals surface area contributed by atoms with Crippen molar-refractivity contribution in [3.8, 4) is 17.1 Å². The number of allylic oxidation sites excluding steroid dienone is 1. The number of nitrogens with zero attached hydrogens (tertiary/aromatic N) is 3. The first kappa shape index (κ1) is 24.0. The van der Waals surface area contributed by atoms with Crippen LogP contribution in [0.5, 0.6) is 5.75 Å². The van der Waals surface area contributed by atoms with Crippen molar-refractivity contribution >= 4 is 11.6 Å². The molecule has 2 amide bonds. The summed E-state index contributed by atoms with van der Waals surface area (Å²) >= 11 is 0. The quantitative estimate of drug-likeness (QED) is 0.510. The fraction of sp³-hybridized carbons (Fsp3) is 0.370. The molecule has 0 saturated carbocycles. The number of rotatable bonds is 6. The maximum Gasteiger partial charge on any atom is 0.322 e. The van der Waals surface area contributed by atoms with Crippen molar-refractivity contribution in [3.05, 3.63) is 70.5 Å². The Balaban J connectivity index is 1.57. The van der Waals surface area contributed by atoms with Gasteiger partial charge in [0.1, 0.15) is 0 Å². The molecular weight excluding hydrogens is 463 g/mol. The monoisotopic (exact) mass is 492 g/mol. The normalized spacial score (nSPS) is 20.1. The largest absolute Gasteiger partial charge is 0.494 e. The van der Waals surface area contributed by atoms with Crippen molar-refractivity contribution in [2.45, 2.75) is 45.8 Å². The topological polar surface area (TPSA) is 89.7 Å². The van der Waals surface area contributed by atoms with Gasteiger partial charge in [-0.2, -0.15) is 4.98 Å². The minimum atomic E-state index is -0.516. The zero-order valence-electron chi connectivity index (χ0n) is 20.8. The van der Waals surface area contributed by atoms with E-state index in [0.717, 1.165) is 29.5 Å². The van der Waals surface area contributed by atoms with Gasteiger partial charge in [-0.25, -0.2) is 9.18 Å². The molecule has 188 valence electrons. The first-order chi connectivity index (χ1) is 17.4. The first-order valence-electron chi connectivity index (χ1n) is 12.0. The molecule has 3 heterocycles. The van der Waals surface area contributed by atoms with Gasteiger partial charge in [0.15, 0.2) is 11.6 Å². The van der Waals surface area contributed by atoms with E-state index in [2.05, 4.69) is 21.5 Å². The molecule has 2 aliphatic rings. The molecule has 8 nitrogen and oxygen atoms in total. The highest BCUT2D eigenvalue weighted by atomic mass is 19.1. The van der Waals surface area contributed by atoms with Crippen LogP contribution in [0.4, 0.5) is 9.18 Å². The van der Waals surface area contributed by atoms with Crippen molar-refractivity contribution in [1.82, 2.24) is 20.4 Å². The number of amides is 2. The highest BCUT2D eigenvalue weighted by Gasteiger charge is 2.37. The standard InChI is InChI=1S/C27H29FN4O4/c1-15-7-8-18(12-16(15)2)24-23(17(3)32(27(33)29-24)14-20-6-5-11-35-20)26-30-25(31-36-26)19-9-10-22(34-4)21(28)13-19/h7-10,12-13,20,24H,5-6,11,14H2,1-4H3,(H,29,33). The van der Waals surface area contributed by atoms with Gasteiger partial charge >= 0.3 is 6.03 Å². The number of aromatic nitrogens is 2. The van der Waals surface area contributed by atoms with Crippen LogP contribution in [-0.4, -0.2) is 47.4 Å². The smallest absolute Gasteiger partial charge is 0.322 e. The van der Waals surface area contributed by atoms with Crippen molar-refractivity contribution in [3.63, 3.8) is 0 Å². The average Bonchev–Trinajstić information content (AvgIpc) is 3.55. The number of halogens is 1. The van der Waals surface area contributed by atoms with E-state index in [-0.39, 0.29) is 29.6 Å². The van der Waals surface area contributed by atoms with Crippen LogP contribution in [-0.2, 0) is 4.74 Å². The van der Waals surface area contributed by atoms with E-state index in [9.17, 15) is 9.18 Å². The van der Waals surface area contributed by atoms with Gasteiger partial charge in [-0.15, -0.1) is 0 Å². The minimum absolute atomic E-state index is 0.0226. The molecule has 1 fully saturated rings. The van der Waals surface area contributed by atoms with Crippen molar-refractivity contribution in [1.29, 1.82) is 0 Å². The van der Waals surface area contributed by atoms with Crippen LogP contribution in [0.1, 0.15) is 48.4 Å². The first-order valence-corrected chi connectivity index (χ1v) is 12.0. The Kier molecular flexibility index (Phi) is 6.49. The number of benzene rings is 2. The van der Waals surface area contributed by atoms with Gasteiger partial charge < -0.3 is 19.3 Å². The predicted octanol–water partition coefficient (Wildman–Crippen LogP) is 5.18. The lowest BCUT2D eigenvalue weighted by molar-refractivity contribution is 0.0877. The highest BCUT2D eigenvalue weighted by molar-refractivity contribution is 5.87. The lowest BCUT2D eigenvalue weighted by Gasteiger charge is -2.36. The van der Waals surface area contributed by atoms with Crippen molar-refractivity contribution < 1.29 is 23.2 Å². The number of hydrogen-bond acceptors (Lipinski definition) is 6. The number of carbonyl (C=O) groups is 1. The van der Waals surface area contributed by atoms with E-state index < -0.39 is 11.9 Å². The average molecular weight is 493 g/mol. The third-order valence-corrected chi connectivity index (χ3v) is 6.94. The zero-order valence-corrected chi connectivity index (χ0v) is 20.8. The molecule has 1 N–H and O–H groups in total. The van der Waals surface area contributed by atoms with Crippen molar-refractivity contribution in [2.75, 3.05) is 20.3 Å². The van der Waals surface area contributed by atoms with Crippen LogP contribution >= 0.6 is 0 Å². The van der Waals surface area contributed by atoms with Crippen LogP contribution in [0.15, 0.2) is 46.6 Å². The van der Waals surface area contributed by atoms with Gasteiger partial charge in [0.05, 0.1) is 31.4 Å². The second kappa shape index (κ2) is 9.73. The summed E-state index contributed by atoms with van der Waals surface area (Å²) in [5.41, 5.74) is 5.05. The molecule has 36 heavy (non-hydrogen) atoms. The van der Waals surface area contributed by atoms with Crippen LogP contribution in [0.3, 0.4) is 0 Å². The molecule has 3 aromatic rings. The number of nitrogens with one attached hydrogen (secondary N) is 1. The van der Waals surface area contributed by atoms with Gasteiger partial charge in [0, 0.05) is 17.9 Å². The summed E-state index contributed by atoms with van der Waals surface area (Å²) in [6, 6.07) is 9.89. The lowest BCUT2D eigenvalue weighted by atomic mass is 9.92. The Morgan fingerprint density at radius 3 is 2.69 bits per heavy atom. The Morgan fingerprint density at radius 2 is 2.00 bits per heavy atom. The summed E-state index contributed by atoms with van der Waals surface area (Å²) in [5, 5.41) is 7.24. The zero-order chi connectivity index (χ0) is 25.4. The molecule has 2 aromatic carbocycles. The van der Waals surface area contributed by atoms with Crippen LogP contribution < -0.4 is 10.1 Å². The molecule has 9 heteroatoms. The van der Waals surface area contributed by atoms with Crippen LogP contribution in [0, 0.1) is 19.7 Å². The third-order valence-electron chi connectivity index (χ3n) is 6.94. The van der Waals surface area contributed by atoms with Gasteiger partial charge in [-0.05, 0) is 68.5 Å². The van der Waals surface area contributed by atoms with Gasteiger partial charge in [0.25, 0.3) is 5.89 Å². The molecule has 2 unspecified atom stereocenters. The number of ether oxygens (including phenoxy) is 2. The summed E-state index contributed by atoms with van der Waals surface area (Å²) in [4.78, 5) is 19.5. The van der Waals surface area contributed by atoms with E-state index in [1.165, 1.54) is 19.2 Å². The maximum atomic E-state index is 14.3. The van der Waals surface area contributed by atoms with E-state index in [1.54, 1.807) is 11.0 Å². The predicted molar refractivity (Wildman–Crippen MR) is 132 cm³/mol. The maximum absolute atomic E-state index is 14.3. The molecule has 0 aliphatic carbocycles. The second-order valence-electron chi connectivity index (χ2n) is 9.24. The van der Waals surface area contributed by atoms with E-state index in [0.29, 0.717) is 30.0 Å². The third kappa shape index (κ3) is 4.46. The van der Waals surface area contributed by atoms with Crippen LogP contribution in [0.25, 0.3) is 17.0 Å². The number of aryl methyl sites for hydroxylation is 2. The molecule has 0 bridgehead atoms. The van der Waals surface area contributed by atoms with Gasteiger partial charge in [-0.1, -0.05) is 23.4 Å². The Morgan fingerprint density at radius 1 is 1.17 bits per heavy atom. The van der Waals surface area contributed by atoms with Gasteiger partial charge in [0.2, 0.25) is 5.82 Å². The van der Waals surface area contributed by atoms with Crippen LogP contribution in [0.2, 0.25) is 0 Å². The molecule has 1 aromatic heterocycles. The lowest BCUT2D eigenvalue weighted by Crippen LogP contribution is -2.48. The SMILES string of the molecule is COc1ccc(-c2noc(C3=C(C)N(CC4CCCO4)C(=O)NC3c3ccc(C)c(C)c3)n2)cc1F. The fourth-order valence-corrected chi connectivity index (χ4v) is 4.72. The summed E-state index contributed by atoms with van der Waals surface area (Å²) in [7, 11) is 1.41. The Labute approximate surface area is 209 Å². The van der Waals surface area contributed by atoms with E-state index >= 15 is 0 Å². The number of urea groups is 1. The molecule has 1 saturated heterocycles. The second-order valence-corrected chi connectivity index (χ2v) is 9.24. The Bertz CT molecular complexity index is 1330. The molecule has 2 aliphatic heterocycles. The molecule has 2 atom stereocenters. The summed E-state index contributed by atoms with van der Waals surface area (Å²) < 4.78 is 30.8. The molecule has 0 spiro atoms. The number of hydrogen-bond donors (Lipinski definition) is 1. The highest BCUT2D eigenvalue weighted by Crippen LogP contribution is 2.38. The molecule has 0 radical (unpaired) electrons. The van der Waals surface area contributed by atoms with Crippen molar-refractivity contribution in [2.24, 2.45) is 0 Å². The summed E-state index contributed by atoms with van der Waals surface area (Å²) in [6.45, 7) is 7.10. The fourth-order valence-electron chi connectivity index (χ4n) is 4.72. The minimum Gasteiger partial charge on any atom is -0.494 e. The van der Waals surface area contributed by atoms with Gasteiger partial charge in [-0.3, -0.25) is 4.90 Å². The number of carbonyl (C=O) groups excluding carboxylic acids is 1. The molecule has 5 rings (SSSR count). The Hall–Kier alpha value is -3.72. The van der Waals surface area contributed by atoms with E-state index in [1.807, 2.05) is 32.9 Å². The summed E-state index contributed by atoms with van der Waals surface area (Å²) in [6.07, 6.45) is 1.86. The van der Waals surface area contributed by atoms with E-state index in [4.69, 9.17) is 14.0 Å². The number of methoxy groups -OCH3 is 1.